The summed E-state index contributed by atoms with van der Waals surface area (Å²) in [7, 11) is 3.45. The molecule has 2 heterocycles. The first kappa shape index (κ1) is 17.7. The number of alkyl halides is 3. The molecule has 1 saturated heterocycles. The van der Waals surface area contributed by atoms with E-state index in [9.17, 15) is 22.8 Å². The fourth-order valence-electron chi connectivity index (χ4n) is 3.86. The van der Waals surface area contributed by atoms with Gasteiger partial charge in [0.05, 0.1) is 5.56 Å². The highest BCUT2D eigenvalue weighted by atomic mass is 19.4. The van der Waals surface area contributed by atoms with Gasteiger partial charge >= 0.3 is 6.18 Å². The third-order valence-corrected chi connectivity index (χ3v) is 5.36. The molecule has 0 bridgehead atoms. The summed E-state index contributed by atoms with van der Waals surface area (Å²) in [6.07, 6.45) is -1.49. The van der Waals surface area contributed by atoms with Crippen molar-refractivity contribution in [1.82, 2.24) is 14.8 Å². The van der Waals surface area contributed by atoms with E-state index in [1.807, 2.05) is 0 Å². The number of hydrogen-bond donors (Lipinski definition) is 0. The van der Waals surface area contributed by atoms with Gasteiger partial charge in [-0.15, -0.1) is 0 Å². The van der Waals surface area contributed by atoms with Crippen LogP contribution >= 0.6 is 0 Å². The SMILES string of the molecule is CN1C[C@@H]2C[C@H](N(C)C(=O)c3ccc(C(F)(F)F)nc3)C[C@@H]2CC1=O. The number of aromatic nitrogens is 1. The van der Waals surface area contributed by atoms with Crippen molar-refractivity contribution in [2.24, 2.45) is 11.8 Å². The van der Waals surface area contributed by atoms with Crippen molar-refractivity contribution in [3.8, 4) is 0 Å². The van der Waals surface area contributed by atoms with Crippen molar-refractivity contribution in [2.75, 3.05) is 20.6 Å². The average molecular weight is 355 g/mol. The summed E-state index contributed by atoms with van der Waals surface area (Å²) >= 11 is 0. The molecule has 0 spiro atoms. The standard InChI is InChI=1S/C17H20F3N3O2/c1-22-9-12-6-13(5-11(12)7-15(22)24)23(2)16(25)10-3-4-14(21-8-10)17(18,19)20/h3-4,8,11-13H,5-7,9H2,1-2H3/t11-,12+,13-/m1/s1. The summed E-state index contributed by atoms with van der Waals surface area (Å²) in [4.78, 5) is 31.0. The van der Waals surface area contributed by atoms with Gasteiger partial charge in [-0.25, -0.2) is 0 Å². The smallest absolute Gasteiger partial charge is 0.345 e. The molecule has 1 saturated carbocycles. The number of rotatable bonds is 2. The van der Waals surface area contributed by atoms with E-state index in [2.05, 4.69) is 4.98 Å². The Balaban J connectivity index is 1.68. The van der Waals surface area contributed by atoms with Crippen LogP contribution in [-0.2, 0) is 11.0 Å². The summed E-state index contributed by atoms with van der Waals surface area (Å²) in [6.45, 7) is 0.698. The third-order valence-electron chi connectivity index (χ3n) is 5.36. The molecule has 3 atom stereocenters. The quantitative estimate of drug-likeness (QED) is 0.819. The van der Waals surface area contributed by atoms with Crippen molar-refractivity contribution >= 4 is 11.8 Å². The molecular formula is C17H20F3N3O2. The van der Waals surface area contributed by atoms with Crippen LogP contribution in [0.1, 0.15) is 35.3 Å². The number of pyridine rings is 1. The number of nitrogens with zero attached hydrogens (tertiary/aromatic N) is 3. The van der Waals surface area contributed by atoms with Crippen molar-refractivity contribution in [1.29, 1.82) is 0 Å². The number of carbonyl (C=O) groups is 2. The van der Waals surface area contributed by atoms with Crippen LogP contribution in [-0.4, -0.2) is 53.3 Å². The zero-order valence-corrected chi connectivity index (χ0v) is 14.1. The van der Waals surface area contributed by atoms with Gasteiger partial charge in [-0.05, 0) is 36.8 Å². The first-order chi connectivity index (χ1) is 11.7. The highest BCUT2D eigenvalue weighted by Crippen LogP contribution is 2.40. The molecule has 0 aromatic carbocycles. The van der Waals surface area contributed by atoms with E-state index in [1.54, 1.807) is 23.9 Å². The predicted molar refractivity (Wildman–Crippen MR) is 83.6 cm³/mol. The van der Waals surface area contributed by atoms with Gasteiger partial charge in [0.15, 0.2) is 0 Å². The van der Waals surface area contributed by atoms with Gasteiger partial charge in [-0.1, -0.05) is 0 Å². The van der Waals surface area contributed by atoms with E-state index >= 15 is 0 Å². The van der Waals surface area contributed by atoms with Crippen LogP contribution in [0.25, 0.3) is 0 Å². The molecule has 2 fully saturated rings. The second-order valence-corrected chi connectivity index (χ2v) is 6.97. The Morgan fingerprint density at radius 2 is 1.96 bits per heavy atom. The lowest BCUT2D eigenvalue weighted by Crippen LogP contribution is -2.39. The van der Waals surface area contributed by atoms with Gasteiger partial charge in [0.1, 0.15) is 5.69 Å². The lowest BCUT2D eigenvalue weighted by Gasteiger charge is -2.31. The van der Waals surface area contributed by atoms with Crippen LogP contribution < -0.4 is 0 Å². The molecule has 2 aliphatic rings. The Labute approximate surface area is 143 Å². The molecule has 25 heavy (non-hydrogen) atoms. The molecule has 136 valence electrons. The monoisotopic (exact) mass is 355 g/mol. The number of carbonyl (C=O) groups excluding carboxylic acids is 2. The molecule has 8 heteroatoms. The van der Waals surface area contributed by atoms with Gasteiger partial charge in [0.25, 0.3) is 5.91 Å². The topological polar surface area (TPSA) is 53.5 Å². The van der Waals surface area contributed by atoms with E-state index < -0.39 is 11.9 Å². The van der Waals surface area contributed by atoms with Crippen molar-refractivity contribution < 1.29 is 22.8 Å². The Morgan fingerprint density at radius 3 is 2.56 bits per heavy atom. The minimum Gasteiger partial charge on any atom is -0.345 e. The fraction of sp³-hybridized carbons (Fsp3) is 0.588. The normalized spacial score (nSPS) is 26.5. The summed E-state index contributed by atoms with van der Waals surface area (Å²) < 4.78 is 37.7. The van der Waals surface area contributed by atoms with Gasteiger partial charge in [-0.3, -0.25) is 14.6 Å². The Bertz CT molecular complexity index is 675. The predicted octanol–water partition coefficient (Wildman–Crippen LogP) is 2.43. The number of likely N-dealkylation sites (tertiary alicyclic amines) is 1. The fourth-order valence-corrected chi connectivity index (χ4v) is 3.86. The van der Waals surface area contributed by atoms with E-state index in [0.29, 0.717) is 18.9 Å². The minimum absolute atomic E-state index is 0.0101. The molecular weight excluding hydrogens is 335 g/mol. The molecule has 5 nitrogen and oxygen atoms in total. The summed E-state index contributed by atoms with van der Waals surface area (Å²) in [5.74, 6) is 0.427. The van der Waals surface area contributed by atoms with Gasteiger partial charge < -0.3 is 9.80 Å². The van der Waals surface area contributed by atoms with Crippen LogP contribution in [0.3, 0.4) is 0 Å². The molecule has 3 rings (SSSR count). The highest BCUT2D eigenvalue weighted by molar-refractivity contribution is 5.94. The largest absolute Gasteiger partial charge is 0.433 e. The second kappa shape index (κ2) is 6.31. The summed E-state index contributed by atoms with van der Waals surface area (Å²) in [6, 6.07) is 1.97. The number of halogens is 3. The second-order valence-electron chi connectivity index (χ2n) is 6.97. The van der Waals surface area contributed by atoms with E-state index in [0.717, 1.165) is 31.2 Å². The maximum absolute atomic E-state index is 12.6. The molecule has 1 aromatic rings. The van der Waals surface area contributed by atoms with Crippen LogP contribution in [0, 0.1) is 11.8 Å². The van der Waals surface area contributed by atoms with Crippen LogP contribution in [0.2, 0.25) is 0 Å². The number of hydrogen-bond acceptors (Lipinski definition) is 3. The van der Waals surface area contributed by atoms with E-state index in [1.165, 1.54) is 0 Å². The van der Waals surface area contributed by atoms with E-state index in [4.69, 9.17) is 0 Å². The number of amides is 2. The van der Waals surface area contributed by atoms with Crippen molar-refractivity contribution in [2.45, 2.75) is 31.5 Å². The molecule has 0 radical (unpaired) electrons. The summed E-state index contributed by atoms with van der Waals surface area (Å²) in [5.41, 5.74) is -0.876. The first-order valence-electron chi connectivity index (χ1n) is 8.21. The molecule has 0 N–H and O–H groups in total. The zero-order chi connectivity index (χ0) is 18.4. The molecule has 2 amide bonds. The Kier molecular flexibility index (Phi) is 4.47. The van der Waals surface area contributed by atoms with E-state index in [-0.39, 0.29) is 29.3 Å². The Morgan fingerprint density at radius 1 is 1.28 bits per heavy atom. The first-order valence-corrected chi connectivity index (χ1v) is 8.21. The van der Waals surface area contributed by atoms with Crippen LogP contribution in [0.4, 0.5) is 13.2 Å². The molecule has 1 aliphatic heterocycles. The lowest BCUT2D eigenvalue weighted by molar-refractivity contribution is -0.141. The maximum atomic E-state index is 12.6. The maximum Gasteiger partial charge on any atom is 0.433 e. The molecule has 0 unspecified atom stereocenters. The highest BCUT2D eigenvalue weighted by Gasteiger charge is 2.42. The van der Waals surface area contributed by atoms with Crippen LogP contribution in [0.5, 0.6) is 0 Å². The van der Waals surface area contributed by atoms with Gasteiger partial charge in [0.2, 0.25) is 5.91 Å². The lowest BCUT2D eigenvalue weighted by atomic mass is 9.88. The Hall–Kier alpha value is -2.12. The summed E-state index contributed by atoms with van der Waals surface area (Å²) in [5, 5.41) is 0. The zero-order valence-electron chi connectivity index (χ0n) is 14.1. The minimum atomic E-state index is -4.52. The van der Waals surface area contributed by atoms with Gasteiger partial charge in [0, 0.05) is 39.3 Å². The van der Waals surface area contributed by atoms with Crippen molar-refractivity contribution in [3.05, 3.63) is 29.6 Å². The molecule has 1 aromatic heterocycles. The average Bonchev–Trinajstić information content (AvgIpc) is 2.96. The number of piperidine rings is 1. The number of fused-ring (bicyclic) bond motifs is 1. The molecule has 1 aliphatic carbocycles. The third kappa shape index (κ3) is 3.48. The van der Waals surface area contributed by atoms with Gasteiger partial charge in [-0.2, -0.15) is 13.2 Å². The van der Waals surface area contributed by atoms with Crippen LogP contribution in [0.15, 0.2) is 18.3 Å². The van der Waals surface area contributed by atoms with Crippen molar-refractivity contribution in [3.63, 3.8) is 0 Å².